The summed E-state index contributed by atoms with van der Waals surface area (Å²) in [7, 11) is 0. The summed E-state index contributed by atoms with van der Waals surface area (Å²) in [6, 6.07) is 22.6. The number of amides is 3. The van der Waals surface area contributed by atoms with Crippen molar-refractivity contribution in [2.45, 2.75) is 39.4 Å². The van der Waals surface area contributed by atoms with E-state index in [4.69, 9.17) is 4.42 Å². The Morgan fingerprint density at radius 3 is 2.51 bits per heavy atom. The van der Waals surface area contributed by atoms with Crippen molar-refractivity contribution >= 4 is 17.6 Å². The molecular weight excluding hydrogens is 471 g/mol. The number of halogens is 1. The van der Waals surface area contributed by atoms with Crippen molar-refractivity contribution in [2.24, 2.45) is 0 Å². The van der Waals surface area contributed by atoms with Gasteiger partial charge in [0, 0.05) is 18.4 Å². The van der Waals surface area contributed by atoms with Crippen LogP contribution in [0.4, 0.5) is 14.9 Å². The molecule has 2 aromatic heterocycles. The summed E-state index contributed by atoms with van der Waals surface area (Å²) >= 11 is 0. The van der Waals surface area contributed by atoms with Gasteiger partial charge in [0.25, 0.3) is 5.91 Å². The van der Waals surface area contributed by atoms with Crippen LogP contribution in [0.15, 0.2) is 89.5 Å². The molecule has 0 radical (unpaired) electrons. The number of benzene rings is 2. The molecule has 0 saturated heterocycles. The third-order valence-electron chi connectivity index (χ3n) is 6.03. The Labute approximate surface area is 215 Å². The lowest BCUT2D eigenvalue weighted by Crippen LogP contribution is -2.36. The lowest BCUT2D eigenvalue weighted by molar-refractivity contribution is 0.0909. The third-order valence-corrected chi connectivity index (χ3v) is 6.03. The number of carbonyl (C=O) groups is 2. The summed E-state index contributed by atoms with van der Waals surface area (Å²) in [4.78, 5) is 27.2. The third kappa shape index (κ3) is 6.67. The van der Waals surface area contributed by atoms with Crippen molar-refractivity contribution in [3.63, 3.8) is 0 Å². The molecule has 0 aliphatic carbocycles. The largest absolute Gasteiger partial charge is 0.454 e. The van der Waals surface area contributed by atoms with Gasteiger partial charge in [-0.25, -0.2) is 9.18 Å². The number of furan rings is 1. The summed E-state index contributed by atoms with van der Waals surface area (Å²) < 4.78 is 21.8. The maximum Gasteiger partial charge on any atom is 0.322 e. The number of nitrogens with zero attached hydrogens (tertiary/aromatic N) is 2. The van der Waals surface area contributed by atoms with Gasteiger partial charge in [-0.3, -0.25) is 4.79 Å². The predicted octanol–water partition coefficient (Wildman–Crippen LogP) is 6.20. The van der Waals surface area contributed by atoms with Crippen molar-refractivity contribution in [1.82, 2.24) is 14.8 Å². The number of aromatic nitrogens is 1. The molecule has 2 heterocycles. The van der Waals surface area contributed by atoms with Gasteiger partial charge in [-0.05, 0) is 55.3 Å². The normalized spacial score (nSPS) is 11.6. The molecule has 2 N–H and O–H groups in total. The highest BCUT2D eigenvalue weighted by atomic mass is 19.1. The summed E-state index contributed by atoms with van der Waals surface area (Å²) in [6.07, 6.45) is 2.65. The fourth-order valence-corrected chi connectivity index (χ4v) is 4.07. The Morgan fingerprint density at radius 1 is 1.00 bits per heavy atom. The average Bonchev–Trinajstić information content (AvgIpc) is 3.55. The van der Waals surface area contributed by atoms with E-state index in [1.54, 1.807) is 29.2 Å². The minimum atomic E-state index is -0.480. The number of hydrogen-bond donors (Lipinski definition) is 2. The highest BCUT2D eigenvalue weighted by Crippen LogP contribution is 2.18. The van der Waals surface area contributed by atoms with Crippen LogP contribution in [0.5, 0.6) is 0 Å². The molecule has 7 nitrogen and oxygen atoms in total. The SMILES string of the molecule is CCCN(Cc1cccn1Cc1ccc(C(=O)NC(C)c2ccccc2)o1)C(=O)Nc1ccccc1F. The number of para-hydroxylation sites is 1. The van der Waals surface area contributed by atoms with E-state index < -0.39 is 5.82 Å². The smallest absolute Gasteiger partial charge is 0.322 e. The van der Waals surface area contributed by atoms with Crippen molar-refractivity contribution in [3.05, 3.63) is 114 Å². The Bertz CT molecular complexity index is 1330. The summed E-state index contributed by atoms with van der Waals surface area (Å²) in [5, 5.41) is 5.61. The molecule has 0 aliphatic rings. The molecule has 4 aromatic rings. The van der Waals surface area contributed by atoms with E-state index in [-0.39, 0.29) is 29.4 Å². The maximum absolute atomic E-state index is 14.0. The van der Waals surface area contributed by atoms with Crippen molar-refractivity contribution in [2.75, 3.05) is 11.9 Å². The van der Waals surface area contributed by atoms with Gasteiger partial charge < -0.3 is 24.5 Å². The maximum atomic E-state index is 14.0. The molecule has 0 saturated carbocycles. The summed E-state index contributed by atoms with van der Waals surface area (Å²) in [6.45, 7) is 5.16. The molecule has 1 atom stereocenters. The van der Waals surface area contributed by atoms with Crippen LogP contribution in [0, 0.1) is 5.82 Å². The number of anilines is 1. The topological polar surface area (TPSA) is 79.5 Å². The Kier molecular flexibility index (Phi) is 8.40. The quantitative estimate of drug-likeness (QED) is 0.271. The van der Waals surface area contributed by atoms with Gasteiger partial charge in [0.05, 0.1) is 24.8 Å². The minimum absolute atomic E-state index is 0.145. The van der Waals surface area contributed by atoms with Gasteiger partial charge in [0.2, 0.25) is 0 Å². The van der Waals surface area contributed by atoms with Gasteiger partial charge in [-0.15, -0.1) is 0 Å². The first-order valence-corrected chi connectivity index (χ1v) is 12.3. The van der Waals surface area contributed by atoms with Crippen LogP contribution in [-0.4, -0.2) is 28.0 Å². The van der Waals surface area contributed by atoms with Crippen LogP contribution >= 0.6 is 0 Å². The van der Waals surface area contributed by atoms with Crippen LogP contribution in [0.2, 0.25) is 0 Å². The van der Waals surface area contributed by atoms with E-state index in [0.29, 0.717) is 25.4 Å². The fourth-order valence-electron chi connectivity index (χ4n) is 4.07. The van der Waals surface area contributed by atoms with Crippen molar-refractivity contribution in [3.8, 4) is 0 Å². The van der Waals surface area contributed by atoms with Crippen LogP contribution in [-0.2, 0) is 13.1 Å². The van der Waals surface area contributed by atoms with E-state index in [2.05, 4.69) is 10.6 Å². The standard InChI is InChI=1S/C29H31FN4O3/c1-3-17-34(29(36)32-26-14-8-7-13-25(26)30)19-23-12-9-18-33(23)20-24-15-16-27(37-24)28(35)31-21(2)22-10-5-4-6-11-22/h4-16,18,21H,3,17,19-20H2,1-2H3,(H,31,35)(H,32,36). The van der Waals surface area contributed by atoms with Crippen LogP contribution < -0.4 is 10.6 Å². The molecule has 8 heteroatoms. The number of hydrogen-bond acceptors (Lipinski definition) is 3. The molecule has 0 fully saturated rings. The fraction of sp³-hybridized carbons (Fsp3) is 0.241. The zero-order chi connectivity index (χ0) is 26.2. The first-order chi connectivity index (χ1) is 17.9. The van der Waals surface area contributed by atoms with Crippen molar-refractivity contribution in [1.29, 1.82) is 0 Å². The van der Waals surface area contributed by atoms with Gasteiger partial charge in [0.15, 0.2) is 5.76 Å². The minimum Gasteiger partial charge on any atom is -0.454 e. The molecule has 2 aromatic carbocycles. The van der Waals surface area contributed by atoms with Crippen LogP contribution in [0.1, 0.15) is 53.9 Å². The molecule has 0 bridgehead atoms. The summed E-state index contributed by atoms with van der Waals surface area (Å²) in [5.41, 5.74) is 2.04. The lowest BCUT2D eigenvalue weighted by Gasteiger charge is -2.23. The monoisotopic (exact) mass is 502 g/mol. The Morgan fingerprint density at radius 2 is 1.76 bits per heavy atom. The zero-order valence-electron chi connectivity index (χ0n) is 21.0. The predicted molar refractivity (Wildman–Crippen MR) is 141 cm³/mol. The van der Waals surface area contributed by atoms with E-state index >= 15 is 0 Å². The van der Waals surface area contributed by atoms with Gasteiger partial charge in [-0.2, -0.15) is 0 Å². The molecule has 0 spiro atoms. The van der Waals surface area contributed by atoms with Gasteiger partial charge in [-0.1, -0.05) is 49.4 Å². The van der Waals surface area contributed by atoms with E-state index in [1.807, 2.05) is 67.1 Å². The first-order valence-electron chi connectivity index (χ1n) is 12.3. The molecule has 0 aliphatic heterocycles. The van der Waals surface area contributed by atoms with E-state index in [0.717, 1.165) is 17.7 Å². The van der Waals surface area contributed by atoms with E-state index in [1.165, 1.54) is 12.1 Å². The highest BCUT2D eigenvalue weighted by molar-refractivity contribution is 5.91. The molecule has 3 amide bonds. The van der Waals surface area contributed by atoms with Crippen LogP contribution in [0.25, 0.3) is 0 Å². The van der Waals surface area contributed by atoms with Gasteiger partial charge in [0.1, 0.15) is 11.6 Å². The van der Waals surface area contributed by atoms with Gasteiger partial charge >= 0.3 is 6.03 Å². The number of carbonyl (C=O) groups excluding carboxylic acids is 2. The second kappa shape index (κ2) is 12.1. The Balaban J connectivity index is 1.40. The molecule has 4 rings (SSSR count). The molecule has 37 heavy (non-hydrogen) atoms. The lowest BCUT2D eigenvalue weighted by atomic mass is 10.1. The van der Waals surface area contributed by atoms with E-state index in [9.17, 15) is 14.0 Å². The molecule has 1 unspecified atom stereocenters. The number of urea groups is 1. The molecular formula is C29H31FN4O3. The second-order valence-corrected chi connectivity index (χ2v) is 8.83. The number of rotatable bonds is 10. The number of nitrogens with one attached hydrogen (secondary N) is 2. The second-order valence-electron chi connectivity index (χ2n) is 8.83. The molecule has 192 valence electrons. The average molecular weight is 503 g/mol. The first kappa shape index (κ1) is 25.8. The zero-order valence-corrected chi connectivity index (χ0v) is 21.0. The van der Waals surface area contributed by atoms with Crippen LogP contribution in [0.3, 0.4) is 0 Å². The highest BCUT2D eigenvalue weighted by Gasteiger charge is 2.18. The summed E-state index contributed by atoms with van der Waals surface area (Å²) in [5.74, 6) is 0.0944. The Hall–Kier alpha value is -4.33. The van der Waals surface area contributed by atoms with Crippen molar-refractivity contribution < 1.29 is 18.4 Å².